The summed E-state index contributed by atoms with van der Waals surface area (Å²) < 4.78 is 19.7. The summed E-state index contributed by atoms with van der Waals surface area (Å²) in [5, 5.41) is 7.23. The van der Waals surface area contributed by atoms with Crippen LogP contribution in [-0.2, 0) is 5.41 Å². The fourth-order valence-electron chi connectivity index (χ4n) is 5.74. The second kappa shape index (κ2) is 8.42. The lowest BCUT2D eigenvalue weighted by atomic mass is 9.86. The zero-order chi connectivity index (χ0) is 27.1. The summed E-state index contributed by atoms with van der Waals surface area (Å²) in [5.41, 5.74) is 5.99. The normalized spacial score (nSPS) is 12.4. The largest absolute Gasteiger partial charge is 0.497 e. The molecule has 0 saturated heterocycles. The highest BCUT2D eigenvalue weighted by Gasteiger charge is 2.22. The van der Waals surface area contributed by atoms with Gasteiger partial charge in [-0.05, 0) is 82.4 Å². The molecule has 7 rings (SSSR count). The molecule has 0 saturated carbocycles. The van der Waals surface area contributed by atoms with Crippen molar-refractivity contribution in [1.29, 1.82) is 0 Å². The number of benzene rings is 5. The molecule has 0 aliphatic rings. The van der Waals surface area contributed by atoms with Gasteiger partial charge in [0.1, 0.15) is 22.7 Å². The first-order chi connectivity index (χ1) is 18.8. The first-order valence-electron chi connectivity index (χ1n) is 13.0. The van der Waals surface area contributed by atoms with Crippen molar-refractivity contribution in [2.45, 2.75) is 26.2 Å². The lowest BCUT2D eigenvalue weighted by molar-refractivity contribution is 0.414. The van der Waals surface area contributed by atoms with Gasteiger partial charge in [-0.2, -0.15) is 0 Å². The first kappa shape index (κ1) is 23.9. The summed E-state index contributed by atoms with van der Waals surface area (Å²) in [6.45, 7) is 6.70. The van der Waals surface area contributed by atoms with Gasteiger partial charge in [0.05, 0.1) is 35.7 Å². The van der Waals surface area contributed by atoms with E-state index < -0.39 is 0 Å². The van der Waals surface area contributed by atoms with Crippen molar-refractivity contribution < 1.29 is 13.9 Å². The number of ether oxygens (including phenoxy) is 2. The smallest absolute Gasteiger partial charge is 0.139 e. The Kier molecular flexibility index (Phi) is 5.17. The molecule has 2 heterocycles. The third-order valence-electron chi connectivity index (χ3n) is 7.79. The molecular weight excluding hydrogens is 506 g/mol. The van der Waals surface area contributed by atoms with E-state index in [0.717, 1.165) is 71.7 Å². The van der Waals surface area contributed by atoms with Gasteiger partial charge < -0.3 is 18.5 Å². The van der Waals surface area contributed by atoms with Crippen LogP contribution in [0.2, 0.25) is 5.02 Å². The number of hydrogen-bond donors (Lipinski definition) is 0. The number of halogens is 1. The highest BCUT2D eigenvalue weighted by Crippen LogP contribution is 2.43. The maximum atomic E-state index is 6.91. The molecule has 0 spiro atoms. The Labute approximate surface area is 231 Å². The SMILES string of the molecule is COc1ccc2c(c1)oc1cc3cc(-n4c5ccc(C(C)(C)C)cc5c5c(OC)ccc(Cl)c54)ccc3cc12. The van der Waals surface area contributed by atoms with Crippen molar-refractivity contribution in [2.75, 3.05) is 14.2 Å². The van der Waals surface area contributed by atoms with Gasteiger partial charge in [-0.3, -0.25) is 0 Å². The van der Waals surface area contributed by atoms with Crippen LogP contribution in [0.3, 0.4) is 0 Å². The molecule has 0 radical (unpaired) electrons. The van der Waals surface area contributed by atoms with E-state index in [1.807, 2.05) is 24.3 Å². The van der Waals surface area contributed by atoms with E-state index in [0.29, 0.717) is 5.02 Å². The van der Waals surface area contributed by atoms with Crippen LogP contribution < -0.4 is 9.47 Å². The molecule has 39 heavy (non-hydrogen) atoms. The van der Waals surface area contributed by atoms with Gasteiger partial charge in [0, 0.05) is 27.9 Å². The summed E-state index contributed by atoms with van der Waals surface area (Å²) in [4.78, 5) is 0. The second-order valence-electron chi connectivity index (χ2n) is 11.1. The van der Waals surface area contributed by atoms with Gasteiger partial charge in [0.2, 0.25) is 0 Å². The molecule has 0 aliphatic heterocycles. The van der Waals surface area contributed by atoms with Crippen molar-refractivity contribution in [3.63, 3.8) is 0 Å². The number of rotatable bonds is 3. The van der Waals surface area contributed by atoms with E-state index in [4.69, 9.17) is 25.5 Å². The summed E-state index contributed by atoms with van der Waals surface area (Å²) in [7, 11) is 3.38. The zero-order valence-electron chi connectivity index (χ0n) is 22.6. The lowest BCUT2D eigenvalue weighted by Crippen LogP contribution is -2.10. The maximum Gasteiger partial charge on any atom is 0.139 e. The van der Waals surface area contributed by atoms with Gasteiger partial charge in [-0.15, -0.1) is 0 Å². The summed E-state index contributed by atoms with van der Waals surface area (Å²) in [6, 6.07) is 27.4. The van der Waals surface area contributed by atoms with Crippen molar-refractivity contribution in [1.82, 2.24) is 4.57 Å². The van der Waals surface area contributed by atoms with Crippen LogP contribution in [-0.4, -0.2) is 18.8 Å². The monoisotopic (exact) mass is 533 g/mol. The Morgan fingerprint density at radius 1 is 0.718 bits per heavy atom. The Hall–Kier alpha value is -4.15. The molecule has 4 nitrogen and oxygen atoms in total. The molecule has 0 amide bonds. The number of methoxy groups -OCH3 is 2. The van der Waals surface area contributed by atoms with Gasteiger partial charge in [-0.1, -0.05) is 44.5 Å². The van der Waals surface area contributed by atoms with Crippen LogP contribution in [0.5, 0.6) is 11.5 Å². The minimum absolute atomic E-state index is 0.0132. The van der Waals surface area contributed by atoms with E-state index in [1.165, 1.54) is 5.56 Å². The van der Waals surface area contributed by atoms with Gasteiger partial charge in [0.15, 0.2) is 0 Å². The molecule has 194 valence electrons. The molecule has 0 aliphatic carbocycles. The lowest BCUT2D eigenvalue weighted by Gasteiger charge is -2.19. The van der Waals surface area contributed by atoms with Crippen molar-refractivity contribution >= 4 is 66.1 Å². The Morgan fingerprint density at radius 3 is 2.31 bits per heavy atom. The molecule has 0 atom stereocenters. The van der Waals surface area contributed by atoms with Gasteiger partial charge in [-0.25, -0.2) is 0 Å². The van der Waals surface area contributed by atoms with Crippen LogP contribution in [0.4, 0.5) is 0 Å². The average molecular weight is 534 g/mol. The van der Waals surface area contributed by atoms with E-state index in [1.54, 1.807) is 14.2 Å². The maximum absolute atomic E-state index is 6.91. The number of furan rings is 1. The summed E-state index contributed by atoms with van der Waals surface area (Å²) in [6.07, 6.45) is 0. The molecular formula is C34H28ClNO3. The predicted molar refractivity (Wildman–Crippen MR) is 162 cm³/mol. The van der Waals surface area contributed by atoms with Crippen molar-refractivity contribution in [2.24, 2.45) is 0 Å². The molecule has 5 aromatic carbocycles. The molecule has 0 unspecified atom stereocenters. The molecule has 7 aromatic rings. The van der Waals surface area contributed by atoms with E-state index in [-0.39, 0.29) is 5.41 Å². The number of aromatic nitrogens is 1. The number of hydrogen-bond acceptors (Lipinski definition) is 3. The first-order valence-corrected chi connectivity index (χ1v) is 13.4. The van der Waals surface area contributed by atoms with Crippen LogP contribution in [0.1, 0.15) is 26.3 Å². The fourth-order valence-corrected chi connectivity index (χ4v) is 5.98. The van der Waals surface area contributed by atoms with Crippen LogP contribution in [0.15, 0.2) is 83.3 Å². The van der Waals surface area contributed by atoms with Crippen molar-refractivity contribution in [3.8, 4) is 17.2 Å². The molecule has 2 aromatic heterocycles. The third-order valence-corrected chi connectivity index (χ3v) is 8.09. The van der Waals surface area contributed by atoms with E-state index in [2.05, 4.69) is 79.9 Å². The average Bonchev–Trinajstić information content (AvgIpc) is 3.46. The topological polar surface area (TPSA) is 36.5 Å². The quantitative estimate of drug-likeness (QED) is 0.227. The highest BCUT2D eigenvalue weighted by molar-refractivity contribution is 6.37. The summed E-state index contributed by atoms with van der Waals surface area (Å²) in [5.74, 6) is 1.59. The van der Waals surface area contributed by atoms with Crippen LogP contribution in [0.25, 0.3) is 60.2 Å². The Balaban J connectivity index is 1.52. The zero-order valence-corrected chi connectivity index (χ0v) is 23.3. The second-order valence-corrected chi connectivity index (χ2v) is 11.5. The minimum atomic E-state index is 0.0132. The minimum Gasteiger partial charge on any atom is -0.497 e. The van der Waals surface area contributed by atoms with Gasteiger partial charge in [0.25, 0.3) is 0 Å². The van der Waals surface area contributed by atoms with Crippen LogP contribution >= 0.6 is 11.6 Å². The van der Waals surface area contributed by atoms with Crippen LogP contribution in [0, 0.1) is 0 Å². The predicted octanol–water partition coefficient (Wildman–Crippen LogP) is 9.80. The molecule has 0 N–H and O–H groups in total. The van der Waals surface area contributed by atoms with E-state index in [9.17, 15) is 0 Å². The van der Waals surface area contributed by atoms with Crippen molar-refractivity contribution in [3.05, 3.63) is 89.4 Å². The number of fused-ring (bicyclic) bond motifs is 7. The Bertz CT molecular complexity index is 2090. The highest BCUT2D eigenvalue weighted by atomic mass is 35.5. The third kappa shape index (κ3) is 3.59. The fraction of sp³-hybridized carbons (Fsp3) is 0.176. The number of nitrogens with zero attached hydrogens (tertiary/aromatic N) is 1. The molecule has 0 fully saturated rings. The molecule has 5 heteroatoms. The molecule has 0 bridgehead atoms. The summed E-state index contributed by atoms with van der Waals surface area (Å²) >= 11 is 6.91. The Morgan fingerprint density at radius 2 is 1.54 bits per heavy atom. The van der Waals surface area contributed by atoms with Gasteiger partial charge >= 0.3 is 0 Å². The van der Waals surface area contributed by atoms with E-state index >= 15 is 0 Å². The standard InChI is InChI=1S/C34H28ClNO3/c1-34(2,3)21-7-12-28-26(17-21)32-29(38-5)13-11-27(35)33(32)36(28)22-8-6-19-15-25-24-10-9-23(37-4)18-31(24)39-30(25)16-20(19)14-22/h6-18H,1-5H3.